The normalized spacial score (nSPS) is 10.9. The van der Waals surface area contributed by atoms with Crippen LogP contribution in [0.1, 0.15) is 23.9 Å². The number of aromatic nitrogens is 2. The van der Waals surface area contributed by atoms with Crippen molar-refractivity contribution < 1.29 is 0 Å². The zero-order chi connectivity index (χ0) is 15.7. The van der Waals surface area contributed by atoms with Gasteiger partial charge < -0.3 is 4.90 Å². The number of rotatable bonds is 3. The molecule has 1 aromatic carbocycles. The molecule has 0 fully saturated rings. The van der Waals surface area contributed by atoms with Crippen molar-refractivity contribution >= 4 is 22.4 Å². The standard InChI is InChI=1S/C19H21N3/c1-5-22(16-8-6-7-13(2)11-16)18-12-15(4)21-19-17(18)10-9-14(3)20-19/h6-12H,5H2,1-4H3. The molecule has 2 aromatic heterocycles. The molecule has 3 aromatic rings. The molecule has 0 atom stereocenters. The predicted octanol–water partition coefficient (Wildman–Crippen LogP) is 4.71. The number of aryl methyl sites for hydroxylation is 3. The Morgan fingerprint density at radius 2 is 1.68 bits per heavy atom. The fraction of sp³-hybridized carbons (Fsp3) is 0.263. The van der Waals surface area contributed by atoms with Crippen LogP contribution in [-0.2, 0) is 0 Å². The van der Waals surface area contributed by atoms with E-state index in [0.717, 1.165) is 29.0 Å². The maximum absolute atomic E-state index is 4.59. The minimum absolute atomic E-state index is 0.820. The number of benzene rings is 1. The Labute approximate surface area is 131 Å². The lowest BCUT2D eigenvalue weighted by Gasteiger charge is -2.25. The third-order valence-corrected chi connectivity index (χ3v) is 3.84. The molecule has 3 rings (SSSR count). The van der Waals surface area contributed by atoms with E-state index in [9.17, 15) is 0 Å². The van der Waals surface area contributed by atoms with E-state index in [1.54, 1.807) is 0 Å². The minimum atomic E-state index is 0.820. The van der Waals surface area contributed by atoms with Crippen LogP contribution in [0, 0.1) is 20.8 Å². The van der Waals surface area contributed by atoms with Crippen molar-refractivity contribution in [2.24, 2.45) is 0 Å². The molecule has 0 aliphatic carbocycles. The van der Waals surface area contributed by atoms with Crippen molar-refractivity contribution in [1.82, 2.24) is 9.97 Å². The molecule has 0 aliphatic rings. The van der Waals surface area contributed by atoms with Gasteiger partial charge in [0.05, 0.1) is 5.69 Å². The summed E-state index contributed by atoms with van der Waals surface area (Å²) in [5.41, 5.74) is 6.45. The number of anilines is 2. The summed E-state index contributed by atoms with van der Waals surface area (Å²) in [6.07, 6.45) is 0. The molecule has 3 nitrogen and oxygen atoms in total. The number of nitrogens with zero attached hydrogens (tertiary/aromatic N) is 3. The molecule has 0 radical (unpaired) electrons. The van der Waals surface area contributed by atoms with Crippen LogP contribution in [0.15, 0.2) is 42.5 Å². The lowest BCUT2D eigenvalue weighted by Crippen LogP contribution is -2.17. The van der Waals surface area contributed by atoms with Gasteiger partial charge in [-0.3, -0.25) is 0 Å². The van der Waals surface area contributed by atoms with Crippen LogP contribution in [0.25, 0.3) is 11.0 Å². The van der Waals surface area contributed by atoms with Gasteiger partial charge in [0.25, 0.3) is 0 Å². The highest BCUT2D eigenvalue weighted by Gasteiger charge is 2.13. The minimum Gasteiger partial charge on any atom is -0.341 e. The molecule has 0 unspecified atom stereocenters. The Morgan fingerprint density at radius 1 is 0.909 bits per heavy atom. The van der Waals surface area contributed by atoms with Crippen LogP contribution in [0.5, 0.6) is 0 Å². The molecule has 0 spiro atoms. The van der Waals surface area contributed by atoms with Crippen molar-refractivity contribution in [2.45, 2.75) is 27.7 Å². The molecule has 0 N–H and O–H groups in total. The van der Waals surface area contributed by atoms with Gasteiger partial charge in [-0.1, -0.05) is 12.1 Å². The highest BCUT2D eigenvalue weighted by Crippen LogP contribution is 2.32. The highest BCUT2D eigenvalue weighted by atomic mass is 15.1. The number of hydrogen-bond acceptors (Lipinski definition) is 3. The Balaban J connectivity index is 2.22. The molecule has 3 heteroatoms. The van der Waals surface area contributed by atoms with Crippen molar-refractivity contribution in [1.29, 1.82) is 0 Å². The molecular weight excluding hydrogens is 270 g/mol. The molecule has 0 saturated carbocycles. The third-order valence-electron chi connectivity index (χ3n) is 3.84. The topological polar surface area (TPSA) is 29.0 Å². The van der Waals surface area contributed by atoms with Gasteiger partial charge in [-0.15, -0.1) is 0 Å². The first-order valence-corrected chi connectivity index (χ1v) is 7.67. The molecule has 0 amide bonds. The summed E-state index contributed by atoms with van der Waals surface area (Å²) in [4.78, 5) is 11.5. The summed E-state index contributed by atoms with van der Waals surface area (Å²) in [6, 6.07) is 14.9. The SMILES string of the molecule is CCN(c1cccc(C)c1)c1cc(C)nc2nc(C)ccc12. The van der Waals surface area contributed by atoms with Crippen LogP contribution >= 0.6 is 0 Å². The summed E-state index contributed by atoms with van der Waals surface area (Å²) >= 11 is 0. The smallest absolute Gasteiger partial charge is 0.161 e. The molecule has 0 aliphatic heterocycles. The van der Waals surface area contributed by atoms with E-state index in [0.29, 0.717) is 0 Å². The van der Waals surface area contributed by atoms with Crippen molar-refractivity contribution in [2.75, 3.05) is 11.4 Å². The van der Waals surface area contributed by atoms with Gasteiger partial charge in [-0.25, -0.2) is 9.97 Å². The average Bonchev–Trinajstić information content (AvgIpc) is 2.47. The Bertz CT molecular complexity index is 819. The first-order valence-electron chi connectivity index (χ1n) is 7.67. The van der Waals surface area contributed by atoms with E-state index in [4.69, 9.17) is 0 Å². The second kappa shape index (κ2) is 5.76. The summed E-state index contributed by atoms with van der Waals surface area (Å²) in [6.45, 7) is 9.22. The molecule has 2 heterocycles. The largest absolute Gasteiger partial charge is 0.341 e. The van der Waals surface area contributed by atoms with Crippen LogP contribution in [0.2, 0.25) is 0 Å². The quantitative estimate of drug-likeness (QED) is 0.699. The van der Waals surface area contributed by atoms with Crippen molar-refractivity contribution in [3.8, 4) is 0 Å². The maximum Gasteiger partial charge on any atom is 0.161 e. The maximum atomic E-state index is 4.59. The fourth-order valence-electron chi connectivity index (χ4n) is 2.81. The average molecular weight is 291 g/mol. The van der Waals surface area contributed by atoms with E-state index in [1.807, 2.05) is 19.9 Å². The van der Waals surface area contributed by atoms with Crippen molar-refractivity contribution in [3.05, 3.63) is 59.4 Å². The van der Waals surface area contributed by atoms with Gasteiger partial charge in [-0.05, 0) is 63.6 Å². The molecular formula is C19H21N3. The Hall–Kier alpha value is -2.42. The second-order valence-corrected chi connectivity index (χ2v) is 5.69. The van der Waals surface area contributed by atoms with E-state index in [-0.39, 0.29) is 0 Å². The van der Waals surface area contributed by atoms with Crippen LogP contribution in [-0.4, -0.2) is 16.5 Å². The third kappa shape index (κ3) is 2.67. The second-order valence-electron chi connectivity index (χ2n) is 5.69. The number of fused-ring (bicyclic) bond motifs is 1. The monoisotopic (exact) mass is 291 g/mol. The van der Waals surface area contributed by atoms with Crippen molar-refractivity contribution in [3.63, 3.8) is 0 Å². The molecule has 112 valence electrons. The summed E-state index contributed by atoms with van der Waals surface area (Å²) in [5, 5.41) is 1.10. The van der Waals surface area contributed by atoms with Gasteiger partial charge in [0.1, 0.15) is 0 Å². The first-order chi connectivity index (χ1) is 10.6. The zero-order valence-corrected chi connectivity index (χ0v) is 13.6. The van der Waals surface area contributed by atoms with Crippen LogP contribution in [0.4, 0.5) is 11.4 Å². The lowest BCUT2D eigenvalue weighted by molar-refractivity contribution is 1.02. The number of pyridine rings is 2. The van der Waals surface area contributed by atoms with Gasteiger partial charge >= 0.3 is 0 Å². The van der Waals surface area contributed by atoms with E-state index in [2.05, 4.69) is 65.1 Å². The summed E-state index contributed by atoms with van der Waals surface area (Å²) in [5.74, 6) is 0. The number of hydrogen-bond donors (Lipinski definition) is 0. The van der Waals surface area contributed by atoms with E-state index >= 15 is 0 Å². The molecule has 0 saturated heterocycles. The zero-order valence-electron chi connectivity index (χ0n) is 13.6. The van der Waals surface area contributed by atoms with Gasteiger partial charge in [0.15, 0.2) is 5.65 Å². The molecule has 0 bridgehead atoms. The predicted molar refractivity (Wildman–Crippen MR) is 92.9 cm³/mol. The fourth-order valence-corrected chi connectivity index (χ4v) is 2.81. The van der Waals surface area contributed by atoms with Crippen LogP contribution < -0.4 is 4.90 Å². The molecule has 22 heavy (non-hydrogen) atoms. The Kier molecular flexibility index (Phi) is 3.80. The van der Waals surface area contributed by atoms with E-state index in [1.165, 1.54) is 16.9 Å². The van der Waals surface area contributed by atoms with Gasteiger partial charge in [0.2, 0.25) is 0 Å². The highest BCUT2D eigenvalue weighted by molar-refractivity contribution is 5.92. The van der Waals surface area contributed by atoms with Crippen LogP contribution in [0.3, 0.4) is 0 Å². The Morgan fingerprint density at radius 3 is 2.41 bits per heavy atom. The lowest BCUT2D eigenvalue weighted by atomic mass is 10.1. The summed E-state index contributed by atoms with van der Waals surface area (Å²) < 4.78 is 0. The first kappa shape index (κ1) is 14.5. The van der Waals surface area contributed by atoms with E-state index < -0.39 is 0 Å². The summed E-state index contributed by atoms with van der Waals surface area (Å²) in [7, 11) is 0. The van der Waals surface area contributed by atoms with Gasteiger partial charge in [-0.2, -0.15) is 0 Å². The van der Waals surface area contributed by atoms with Gasteiger partial charge in [0, 0.05) is 29.0 Å².